The Morgan fingerprint density at radius 2 is 1.88 bits per heavy atom. The summed E-state index contributed by atoms with van der Waals surface area (Å²) >= 11 is 0. The predicted molar refractivity (Wildman–Crippen MR) is 68.1 cm³/mol. The molecule has 16 heavy (non-hydrogen) atoms. The summed E-state index contributed by atoms with van der Waals surface area (Å²) in [6.07, 6.45) is 1.81. The molecule has 0 saturated heterocycles. The molecule has 0 radical (unpaired) electrons. The van der Waals surface area contributed by atoms with Gasteiger partial charge in [0.25, 0.3) is 0 Å². The van der Waals surface area contributed by atoms with Crippen LogP contribution < -0.4 is 10.2 Å². The van der Waals surface area contributed by atoms with Crippen molar-refractivity contribution in [3.63, 3.8) is 0 Å². The smallest absolute Gasteiger partial charge is 0.119 e. The molecule has 0 fully saturated rings. The SMILES string of the molecule is CCOc1ccc(/C=N/NC(C)(C)C)cc1. The molecule has 0 heterocycles. The minimum absolute atomic E-state index is 0.00175. The molecule has 0 aromatic heterocycles. The zero-order valence-electron chi connectivity index (χ0n) is 10.4. The summed E-state index contributed by atoms with van der Waals surface area (Å²) in [5, 5.41) is 4.17. The van der Waals surface area contributed by atoms with Gasteiger partial charge in [-0.05, 0) is 57.5 Å². The zero-order chi connectivity index (χ0) is 12.0. The van der Waals surface area contributed by atoms with Crippen molar-refractivity contribution in [2.75, 3.05) is 6.61 Å². The molecule has 1 N–H and O–H groups in total. The molecule has 0 atom stereocenters. The number of hydrogen-bond donors (Lipinski definition) is 1. The first-order valence-electron chi connectivity index (χ1n) is 5.54. The van der Waals surface area contributed by atoms with E-state index in [4.69, 9.17) is 4.74 Å². The van der Waals surface area contributed by atoms with E-state index in [0.29, 0.717) is 6.61 Å². The third-order valence-electron chi connectivity index (χ3n) is 1.80. The molecule has 1 aromatic rings. The van der Waals surface area contributed by atoms with Crippen molar-refractivity contribution in [2.24, 2.45) is 5.10 Å². The van der Waals surface area contributed by atoms with Crippen LogP contribution in [0, 0.1) is 0 Å². The lowest BCUT2D eigenvalue weighted by molar-refractivity contribution is 0.340. The van der Waals surface area contributed by atoms with Gasteiger partial charge in [0, 0.05) is 5.54 Å². The van der Waals surface area contributed by atoms with Gasteiger partial charge in [0.1, 0.15) is 5.75 Å². The molecule has 0 saturated carbocycles. The molecule has 1 aromatic carbocycles. The lowest BCUT2D eigenvalue weighted by Crippen LogP contribution is -2.31. The molecule has 1 rings (SSSR count). The molecule has 88 valence electrons. The van der Waals surface area contributed by atoms with Gasteiger partial charge in [-0.15, -0.1) is 0 Å². The van der Waals surface area contributed by atoms with Crippen molar-refractivity contribution in [1.82, 2.24) is 5.43 Å². The van der Waals surface area contributed by atoms with Crippen molar-refractivity contribution in [3.05, 3.63) is 29.8 Å². The first-order valence-corrected chi connectivity index (χ1v) is 5.54. The minimum Gasteiger partial charge on any atom is -0.494 e. The maximum Gasteiger partial charge on any atom is 0.119 e. The summed E-state index contributed by atoms with van der Waals surface area (Å²) in [4.78, 5) is 0. The highest BCUT2D eigenvalue weighted by Crippen LogP contribution is 2.10. The van der Waals surface area contributed by atoms with Gasteiger partial charge in [-0.1, -0.05) is 0 Å². The Hall–Kier alpha value is -1.51. The van der Waals surface area contributed by atoms with Crippen LogP contribution in [0.3, 0.4) is 0 Å². The number of ether oxygens (including phenoxy) is 1. The van der Waals surface area contributed by atoms with Gasteiger partial charge in [0.15, 0.2) is 0 Å². The fourth-order valence-corrected chi connectivity index (χ4v) is 1.12. The quantitative estimate of drug-likeness (QED) is 0.625. The van der Waals surface area contributed by atoms with E-state index in [0.717, 1.165) is 11.3 Å². The van der Waals surface area contributed by atoms with Crippen molar-refractivity contribution in [2.45, 2.75) is 33.2 Å². The zero-order valence-corrected chi connectivity index (χ0v) is 10.4. The fourth-order valence-electron chi connectivity index (χ4n) is 1.12. The second-order valence-electron chi connectivity index (χ2n) is 4.62. The number of nitrogens with zero attached hydrogens (tertiary/aromatic N) is 1. The van der Waals surface area contributed by atoms with E-state index < -0.39 is 0 Å². The highest BCUT2D eigenvalue weighted by molar-refractivity contribution is 5.79. The molecule has 0 amide bonds. The van der Waals surface area contributed by atoms with Crippen LogP contribution in [0.5, 0.6) is 5.75 Å². The highest BCUT2D eigenvalue weighted by atomic mass is 16.5. The number of benzene rings is 1. The monoisotopic (exact) mass is 220 g/mol. The molecule has 0 unspecified atom stereocenters. The Kier molecular flexibility index (Phi) is 4.35. The van der Waals surface area contributed by atoms with Gasteiger partial charge >= 0.3 is 0 Å². The van der Waals surface area contributed by atoms with Crippen molar-refractivity contribution < 1.29 is 4.74 Å². The van der Waals surface area contributed by atoms with Crippen LogP contribution >= 0.6 is 0 Å². The third-order valence-corrected chi connectivity index (χ3v) is 1.80. The Labute approximate surface area is 97.5 Å². The highest BCUT2D eigenvalue weighted by Gasteiger charge is 2.05. The van der Waals surface area contributed by atoms with Gasteiger partial charge < -0.3 is 10.2 Å². The van der Waals surface area contributed by atoms with Crippen LogP contribution in [0.2, 0.25) is 0 Å². The van der Waals surface area contributed by atoms with Crippen molar-refractivity contribution >= 4 is 6.21 Å². The van der Waals surface area contributed by atoms with E-state index in [2.05, 4.69) is 31.3 Å². The second kappa shape index (κ2) is 5.54. The lowest BCUT2D eigenvalue weighted by atomic mass is 10.1. The Morgan fingerprint density at radius 1 is 1.25 bits per heavy atom. The largest absolute Gasteiger partial charge is 0.494 e. The normalized spacial score (nSPS) is 11.8. The Bertz CT molecular complexity index is 336. The standard InChI is InChI=1S/C13H20N2O/c1-5-16-12-8-6-11(7-9-12)10-14-15-13(2,3)4/h6-10,15H,5H2,1-4H3/b14-10+. The molecule has 0 aliphatic heterocycles. The van der Waals surface area contributed by atoms with Crippen LogP contribution in [0.1, 0.15) is 33.3 Å². The molecular weight excluding hydrogens is 200 g/mol. The molecule has 0 aliphatic carbocycles. The van der Waals surface area contributed by atoms with Crippen molar-refractivity contribution in [1.29, 1.82) is 0 Å². The van der Waals surface area contributed by atoms with Gasteiger partial charge in [0.05, 0.1) is 12.8 Å². The molecule has 0 aliphatic rings. The number of hydrogen-bond acceptors (Lipinski definition) is 3. The van der Waals surface area contributed by atoms with Gasteiger partial charge in [-0.25, -0.2) is 0 Å². The maximum absolute atomic E-state index is 5.36. The molecule has 0 spiro atoms. The average Bonchev–Trinajstić information content (AvgIpc) is 2.19. The predicted octanol–water partition coefficient (Wildman–Crippen LogP) is 2.81. The van der Waals surface area contributed by atoms with E-state index >= 15 is 0 Å². The Balaban J connectivity index is 2.55. The van der Waals surface area contributed by atoms with E-state index in [1.165, 1.54) is 0 Å². The summed E-state index contributed by atoms with van der Waals surface area (Å²) in [5.74, 6) is 0.892. The molecule has 3 nitrogen and oxygen atoms in total. The molecule has 0 bridgehead atoms. The van der Waals surface area contributed by atoms with Crippen LogP contribution in [0.4, 0.5) is 0 Å². The van der Waals surface area contributed by atoms with E-state index in [1.54, 1.807) is 6.21 Å². The first kappa shape index (κ1) is 12.6. The summed E-state index contributed by atoms with van der Waals surface area (Å²) in [5.41, 5.74) is 4.11. The molecule has 3 heteroatoms. The first-order chi connectivity index (χ1) is 7.51. The van der Waals surface area contributed by atoms with Crippen LogP contribution in [0.25, 0.3) is 0 Å². The topological polar surface area (TPSA) is 33.6 Å². The van der Waals surface area contributed by atoms with Crippen LogP contribution in [-0.4, -0.2) is 18.4 Å². The van der Waals surface area contributed by atoms with E-state index in [-0.39, 0.29) is 5.54 Å². The summed E-state index contributed by atoms with van der Waals surface area (Å²) in [6, 6.07) is 7.86. The van der Waals surface area contributed by atoms with Crippen LogP contribution in [0.15, 0.2) is 29.4 Å². The van der Waals surface area contributed by atoms with Gasteiger partial charge in [-0.2, -0.15) is 5.10 Å². The Morgan fingerprint density at radius 3 is 2.38 bits per heavy atom. The summed E-state index contributed by atoms with van der Waals surface area (Å²) in [7, 11) is 0. The van der Waals surface area contributed by atoms with E-state index in [1.807, 2.05) is 31.2 Å². The maximum atomic E-state index is 5.36. The third kappa shape index (κ3) is 4.82. The summed E-state index contributed by atoms with van der Waals surface area (Å²) in [6.45, 7) is 8.88. The number of rotatable bonds is 4. The number of nitrogens with one attached hydrogen (secondary N) is 1. The van der Waals surface area contributed by atoms with Crippen LogP contribution in [-0.2, 0) is 0 Å². The average molecular weight is 220 g/mol. The second-order valence-corrected chi connectivity index (χ2v) is 4.62. The van der Waals surface area contributed by atoms with Crippen molar-refractivity contribution in [3.8, 4) is 5.75 Å². The fraction of sp³-hybridized carbons (Fsp3) is 0.462. The van der Waals surface area contributed by atoms with E-state index in [9.17, 15) is 0 Å². The number of hydrazone groups is 1. The lowest BCUT2D eigenvalue weighted by Gasteiger charge is -2.16. The van der Waals surface area contributed by atoms with Gasteiger partial charge in [-0.3, -0.25) is 0 Å². The van der Waals surface area contributed by atoms with Gasteiger partial charge in [0.2, 0.25) is 0 Å². The molecular formula is C13H20N2O. The summed E-state index contributed by atoms with van der Waals surface area (Å²) < 4.78 is 5.36. The minimum atomic E-state index is 0.00175.